The molecule has 4 rings (SSSR count). The van der Waals surface area contributed by atoms with Gasteiger partial charge in [-0.15, -0.1) is 0 Å². The van der Waals surface area contributed by atoms with Crippen molar-refractivity contribution >= 4 is 17.0 Å². The SMILES string of the molecule is COc1c(N2CCOCC2)cc(C(=O)Cn2cc3c(C)cccn3c2=N)cc1C(C)(C)C. The van der Waals surface area contributed by atoms with Gasteiger partial charge >= 0.3 is 0 Å². The second-order valence-corrected chi connectivity index (χ2v) is 9.38. The minimum atomic E-state index is -0.196. The Hall–Kier alpha value is -3.06. The number of carbonyl (C=O) groups is 1. The summed E-state index contributed by atoms with van der Waals surface area (Å²) in [6, 6.07) is 7.82. The summed E-state index contributed by atoms with van der Waals surface area (Å²) >= 11 is 0. The largest absolute Gasteiger partial charge is 0.494 e. The Balaban J connectivity index is 1.77. The van der Waals surface area contributed by atoms with Crippen LogP contribution in [0.15, 0.2) is 36.7 Å². The Bertz CT molecular complexity index is 1210. The van der Waals surface area contributed by atoms with Crippen LogP contribution in [-0.4, -0.2) is 48.2 Å². The highest BCUT2D eigenvalue weighted by atomic mass is 16.5. The molecule has 2 aromatic heterocycles. The lowest BCUT2D eigenvalue weighted by molar-refractivity contribution is 0.0970. The standard InChI is InChI=1S/C25H32N4O3/c1-17-7-6-8-29-21(17)15-28(24(29)26)16-22(30)18-13-19(25(2,3)4)23(31-5)20(14-18)27-9-11-32-12-10-27/h6-8,13-15,26H,9-12,16H2,1-5H3. The van der Waals surface area contributed by atoms with Crippen LogP contribution in [-0.2, 0) is 16.7 Å². The molecule has 7 heteroatoms. The number of pyridine rings is 1. The molecule has 3 aromatic rings. The number of methoxy groups -OCH3 is 1. The van der Waals surface area contributed by atoms with Crippen molar-refractivity contribution < 1.29 is 14.3 Å². The van der Waals surface area contributed by atoms with Crippen LogP contribution in [0.5, 0.6) is 5.75 Å². The molecule has 0 radical (unpaired) electrons. The van der Waals surface area contributed by atoms with Crippen molar-refractivity contribution in [2.75, 3.05) is 38.3 Å². The lowest BCUT2D eigenvalue weighted by Gasteiger charge is -2.33. The van der Waals surface area contributed by atoms with Crippen LogP contribution in [0.1, 0.15) is 42.3 Å². The van der Waals surface area contributed by atoms with Gasteiger partial charge in [-0.25, -0.2) is 0 Å². The molecule has 0 unspecified atom stereocenters. The number of anilines is 1. The summed E-state index contributed by atoms with van der Waals surface area (Å²) in [5.74, 6) is 0.787. The number of aromatic nitrogens is 2. The van der Waals surface area contributed by atoms with Crippen molar-refractivity contribution in [3.05, 3.63) is 59.0 Å². The Morgan fingerprint density at radius 2 is 1.94 bits per heavy atom. The summed E-state index contributed by atoms with van der Waals surface area (Å²) in [5, 5.41) is 8.51. The van der Waals surface area contributed by atoms with Gasteiger partial charge in [-0.05, 0) is 36.1 Å². The average Bonchev–Trinajstić information content (AvgIpc) is 3.09. The number of ketones is 1. The van der Waals surface area contributed by atoms with Crippen LogP contribution in [0.3, 0.4) is 0 Å². The molecule has 0 saturated carbocycles. The lowest BCUT2D eigenvalue weighted by Crippen LogP contribution is -2.37. The smallest absolute Gasteiger partial charge is 0.207 e. The number of morpholine rings is 1. The summed E-state index contributed by atoms with van der Waals surface area (Å²) in [5.41, 5.74) is 4.66. The van der Waals surface area contributed by atoms with Gasteiger partial charge in [-0.2, -0.15) is 0 Å². The summed E-state index contributed by atoms with van der Waals surface area (Å²) in [6.07, 6.45) is 3.74. The molecule has 0 spiro atoms. The molecule has 1 N–H and O–H groups in total. The highest BCUT2D eigenvalue weighted by molar-refractivity contribution is 5.98. The Morgan fingerprint density at radius 1 is 1.22 bits per heavy atom. The second kappa shape index (κ2) is 8.47. The van der Waals surface area contributed by atoms with E-state index in [2.05, 4.69) is 25.7 Å². The third kappa shape index (κ3) is 4.05. The predicted molar refractivity (Wildman–Crippen MR) is 125 cm³/mol. The summed E-state index contributed by atoms with van der Waals surface area (Å²) in [4.78, 5) is 15.7. The maximum absolute atomic E-state index is 13.4. The van der Waals surface area contributed by atoms with Gasteiger partial charge in [0.05, 0.1) is 38.1 Å². The van der Waals surface area contributed by atoms with E-state index in [0.29, 0.717) is 18.8 Å². The van der Waals surface area contributed by atoms with Crippen molar-refractivity contribution in [3.63, 3.8) is 0 Å². The number of hydrogen-bond acceptors (Lipinski definition) is 5. The van der Waals surface area contributed by atoms with E-state index in [9.17, 15) is 4.79 Å². The van der Waals surface area contributed by atoms with Crippen LogP contribution in [0.25, 0.3) is 5.52 Å². The molecule has 0 bridgehead atoms. The molecule has 0 amide bonds. The number of imidazole rings is 1. The maximum atomic E-state index is 13.4. The number of rotatable bonds is 5. The number of Topliss-reactive ketones (excluding diaryl/α,β-unsaturated/α-hetero) is 1. The van der Waals surface area contributed by atoms with Gasteiger partial charge in [0.15, 0.2) is 5.78 Å². The van der Waals surface area contributed by atoms with Crippen molar-refractivity contribution in [2.24, 2.45) is 0 Å². The van der Waals surface area contributed by atoms with Crippen molar-refractivity contribution in [1.82, 2.24) is 8.97 Å². The number of nitrogens with zero attached hydrogens (tertiary/aromatic N) is 3. The van der Waals surface area contributed by atoms with E-state index in [0.717, 1.165) is 41.2 Å². The van der Waals surface area contributed by atoms with E-state index in [4.69, 9.17) is 14.9 Å². The summed E-state index contributed by atoms with van der Waals surface area (Å²) in [6.45, 7) is 11.3. The van der Waals surface area contributed by atoms with E-state index < -0.39 is 0 Å². The van der Waals surface area contributed by atoms with Crippen molar-refractivity contribution in [1.29, 1.82) is 5.41 Å². The number of ether oxygens (including phenoxy) is 2. The van der Waals surface area contributed by atoms with Crippen LogP contribution in [0.2, 0.25) is 0 Å². The number of nitrogens with one attached hydrogen (secondary N) is 1. The topological polar surface area (TPSA) is 72.0 Å². The van der Waals surface area contributed by atoms with Gasteiger partial charge in [0.2, 0.25) is 5.62 Å². The first-order valence-corrected chi connectivity index (χ1v) is 11.0. The van der Waals surface area contributed by atoms with Gasteiger partial charge in [0.1, 0.15) is 5.75 Å². The molecule has 0 aliphatic carbocycles. The Kier molecular flexibility index (Phi) is 5.86. The third-order valence-electron chi connectivity index (χ3n) is 6.09. The Morgan fingerprint density at radius 3 is 2.56 bits per heavy atom. The van der Waals surface area contributed by atoms with Gasteiger partial charge < -0.3 is 18.9 Å². The maximum Gasteiger partial charge on any atom is 0.207 e. The lowest BCUT2D eigenvalue weighted by atomic mass is 9.84. The van der Waals surface area contributed by atoms with Gasteiger partial charge in [-0.1, -0.05) is 26.8 Å². The fraction of sp³-hybridized carbons (Fsp3) is 0.440. The van der Waals surface area contributed by atoms with Gasteiger partial charge in [0, 0.05) is 36.6 Å². The quantitative estimate of drug-likeness (QED) is 0.621. The molecule has 170 valence electrons. The number of hydrogen-bond donors (Lipinski definition) is 1. The zero-order chi connectivity index (χ0) is 23.0. The normalized spacial score (nSPS) is 14.7. The molecule has 32 heavy (non-hydrogen) atoms. The fourth-order valence-electron chi connectivity index (χ4n) is 4.28. The van der Waals surface area contributed by atoms with Crippen LogP contribution >= 0.6 is 0 Å². The van der Waals surface area contributed by atoms with Crippen LogP contribution < -0.4 is 15.3 Å². The average molecular weight is 437 g/mol. The first-order chi connectivity index (χ1) is 15.2. The number of fused-ring (bicyclic) bond motifs is 1. The molecule has 3 heterocycles. The summed E-state index contributed by atoms with van der Waals surface area (Å²) in [7, 11) is 1.69. The van der Waals surface area contributed by atoms with Crippen molar-refractivity contribution in [3.8, 4) is 5.75 Å². The first kappa shape index (κ1) is 22.1. The number of benzene rings is 1. The highest BCUT2D eigenvalue weighted by Crippen LogP contribution is 2.40. The number of carbonyl (C=O) groups excluding carboxylic acids is 1. The second-order valence-electron chi connectivity index (χ2n) is 9.38. The minimum absolute atomic E-state index is 0.0280. The van der Waals surface area contributed by atoms with E-state index in [-0.39, 0.29) is 23.4 Å². The summed E-state index contributed by atoms with van der Waals surface area (Å²) < 4.78 is 14.9. The Labute approximate surface area is 188 Å². The van der Waals surface area contributed by atoms with E-state index in [1.807, 2.05) is 43.6 Å². The van der Waals surface area contributed by atoms with Crippen LogP contribution in [0.4, 0.5) is 5.69 Å². The molecule has 1 aliphatic heterocycles. The zero-order valence-electron chi connectivity index (χ0n) is 19.6. The van der Waals surface area contributed by atoms with E-state index in [1.54, 1.807) is 16.1 Å². The minimum Gasteiger partial charge on any atom is -0.494 e. The molecule has 1 aliphatic rings. The van der Waals surface area contributed by atoms with E-state index >= 15 is 0 Å². The van der Waals surface area contributed by atoms with Crippen molar-refractivity contribution in [2.45, 2.75) is 39.7 Å². The molecular formula is C25H32N4O3. The monoisotopic (exact) mass is 436 g/mol. The zero-order valence-corrected chi connectivity index (χ0v) is 19.6. The van der Waals surface area contributed by atoms with Gasteiger partial charge in [-0.3, -0.25) is 14.6 Å². The fourth-order valence-corrected chi connectivity index (χ4v) is 4.28. The molecule has 0 atom stereocenters. The predicted octanol–water partition coefficient (Wildman–Crippen LogP) is 3.55. The number of aryl methyl sites for hydroxylation is 1. The molecular weight excluding hydrogens is 404 g/mol. The molecule has 7 nitrogen and oxygen atoms in total. The first-order valence-electron chi connectivity index (χ1n) is 11.0. The van der Waals surface area contributed by atoms with Gasteiger partial charge in [0.25, 0.3) is 0 Å². The molecule has 1 saturated heterocycles. The third-order valence-corrected chi connectivity index (χ3v) is 6.09. The molecule has 1 aromatic carbocycles. The highest BCUT2D eigenvalue weighted by Gasteiger charge is 2.27. The van der Waals surface area contributed by atoms with Crippen LogP contribution in [0, 0.1) is 12.3 Å². The molecule has 1 fully saturated rings. The van der Waals surface area contributed by atoms with E-state index in [1.165, 1.54) is 0 Å².